The van der Waals surface area contributed by atoms with Crippen molar-refractivity contribution in [1.29, 1.82) is 0 Å². The molecule has 3 aromatic rings. The summed E-state index contributed by atoms with van der Waals surface area (Å²) in [5, 5.41) is 3.51. The van der Waals surface area contributed by atoms with Gasteiger partial charge >= 0.3 is 0 Å². The monoisotopic (exact) mass is 310 g/mol. The third-order valence-electron chi connectivity index (χ3n) is 3.92. The Bertz CT molecular complexity index is 797. The third kappa shape index (κ3) is 3.19. The first kappa shape index (κ1) is 15.5. The Hall–Kier alpha value is -2.40. The zero-order valence-corrected chi connectivity index (χ0v) is 13.8. The lowest BCUT2D eigenvalue weighted by atomic mass is 10.0. The summed E-state index contributed by atoms with van der Waals surface area (Å²) in [5.41, 5.74) is 3.92. The number of imidazole rings is 1. The molecule has 2 aromatic heterocycles. The van der Waals surface area contributed by atoms with Crippen LogP contribution in [0, 0.1) is 0 Å². The number of nitrogens with one attached hydrogen (secondary N) is 1. The predicted octanol–water partition coefficient (Wildman–Crippen LogP) is 3.47. The standard InChI is InChI=1S/C18H22N4O/c1-4-8-19-13(2)14-6-5-7-15(11-14)16-12-22-10-9-20-17(22)18(21-16)23-3/h5-7,9-13,19H,4,8H2,1-3H3. The van der Waals surface area contributed by atoms with Crippen molar-refractivity contribution in [3.05, 3.63) is 48.4 Å². The lowest BCUT2D eigenvalue weighted by Gasteiger charge is -2.15. The first-order chi connectivity index (χ1) is 11.2. The fraction of sp³-hybridized carbons (Fsp3) is 0.333. The molecule has 23 heavy (non-hydrogen) atoms. The Kier molecular flexibility index (Phi) is 4.57. The van der Waals surface area contributed by atoms with E-state index in [1.807, 2.05) is 16.8 Å². The zero-order valence-electron chi connectivity index (χ0n) is 13.8. The number of ether oxygens (including phenoxy) is 1. The summed E-state index contributed by atoms with van der Waals surface area (Å²) >= 11 is 0. The number of benzene rings is 1. The van der Waals surface area contributed by atoms with E-state index in [0.717, 1.165) is 29.9 Å². The molecule has 120 valence electrons. The second-order valence-electron chi connectivity index (χ2n) is 5.59. The van der Waals surface area contributed by atoms with Crippen molar-refractivity contribution in [2.24, 2.45) is 0 Å². The molecule has 0 saturated carbocycles. The van der Waals surface area contributed by atoms with Crippen molar-refractivity contribution in [1.82, 2.24) is 19.7 Å². The Labute approximate surface area is 136 Å². The van der Waals surface area contributed by atoms with E-state index in [9.17, 15) is 0 Å². The number of rotatable bonds is 6. The number of hydrogen-bond donors (Lipinski definition) is 1. The minimum absolute atomic E-state index is 0.314. The third-order valence-corrected chi connectivity index (χ3v) is 3.92. The zero-order chi connectivity index (χ0) is 16.2. The normalized spacial score (nSPS) is 12.5. The van der Waals surface area contributed by atoms with Gasteiger partial charge in [0.15, 0.2) is 5.65 Å². The van der Waals surface area contributed by atoms with Gasteiger partial charge in [-0.15, -0.1) is 0 Å². The Morgan fingerprint density at radius 2 is 2.22 bits per heavy atom. The molecule has 0 radical (unpaired) electrons. The summed E-state index contributed by atoms with van der Waals surface area (Å²) in [6, 6.07) is 8.78. The van der Waals surface area contributed by atoms with Crippen LogP contribution < -0.4 is 10.1 Å². The highest BCUT2D eigenvalue weighted by molar-refractivity contribution is 5.63. The molecule has 0 aliphatic rings. The smallest absolute Gasteiger partial charge is 0.258 e. The van der Waals surface area contributed by atoms with Gasteiger partial charge in [0.05, 0.1) is 12.8 Å². The van der Waals surface area contributed by atoms with Crippen LogP contribution in [0.2, 0.25) is 0 Å². The van der Waals surface area contributed by atoms with E-state index in [1.165, 1.54) is 5.56 Å². The van der Waals surface area contributed by atoms with Crippen molar-refractivity contribution < 1.29 is 4.74 Å². The van der Waals surface area contributed by atoms with E-state index < -0.39 is 0 Å². The second-order valence-corrected chi connectivity index (χ2v) is 5.59. The Morgan fingerprint density at radius 3 is 3.00 bits per heavy atom. The van der Waals surface area contributed by atoms with Crippen molar-refractivity contribution >= 4 is 5.65 Å². The maximum atomic E-state index is 5.37. The van der Waals surface area contributed by atoms with Gasteiger partial charge < -0.3 is 14.5 Å². The molecule has 1 atom stereocenters. The molecule has 5 nitrogen and oxygen atoms in total. The first-order valence-electron chi connectivity index (χ1n) is 7.94. The first-order valence-corrected chi connectivity index (χ1v) is 7.94. The predicted molar refractivity (Wildman–Crippen MR) is 91.7 cm³/mol. The minimum Gasteiger partial charge on any atom is -0.478 e. The van der Waals surface area contributed by atoms with E-state index in [0.29, 0.717) is 11.9 Å². The molecule has 0 saturated heterocycles. The maximum absolute atomic E-state index is 5.37. The van der Waals surface area contributed by atoms with Gasteiger partial charge in [0.25, 0.3) is 5.88 Å². The molecule has 0 spiro atoms. The fourth-order valence-corrected chi connectivity index (χ4v) is 2.62. The van der Waals surface area contributed by atoms with Gasteiger partial charge in [0.1, 0.15) is 0 Å². The summed E-state index contributed by atoms with van der Waals surface area (Å²) in [5.74, 6) is 0.537. The van der Waals surface area contributed by atoms with Gasteiger partial charge in [-0.2, -0.15) is 0 Å². The van der Waals surface area contributed by atoms with Crippen molar-refractivity contribution in [3.63, 3.8) is 0 Å². The van der Waals surface area contributed by atoms with Crippen molar-refractivity contribution in [3.8, 4) is 17.1 Å². The molecule has 5 heteroatoms. The average molecular weight is 310 g/mol. The number of nitrogens with zero attached hydrogens (tertiary/aromatic N) is 3. The molecule has 0 aliphatic carbocycles. The average Bonchev–Trinajstić information content (AvgIpc) is 3.07. The van der Waals surface area contributed by atoms with Crippen LogP contribution in [0.1, 0.15) is 31.9 Å². The summed E-state index contributed by atoms with van der Waals surface area (Å²) < 4.78 is 7.31. The van der Waals surface area contributed by atoms with E-state index >= 15 is 0 Å². The van der Waals surface area contributed by atoms with E-state index in [1.54, 1.807) is 13.3 Å². The van der Waals surface area contributed by atoms with Crippen LogP contribution in [0.3, 0.4) is 0 Å². The van der Waals surface area contributed by atoms with Gasteiger partial charge in [-0.25, -0.2) is 9.97 Å². The molecule has 0 fully saturated rings. The van der Waals surface area contributed by atoms with Gasteiger partial charge in [0.2, 0.25) is 0 Å². The number of fused-ring (bicyclic) bond motifs is 1. The van der Waals surface area contributed by atoms with E-state index in [4.69, 9.17) is 4.74 Å². The van der Waals surface area contributed by atoms with E-state index in [-0.39, 0.29) is 0 Å². The molecular formula is C18H22N4O. The number of methoxy groups -OCH3 is 1. The van der Waals surface area contributed by atoms with Crippen LogP contribution >= 0.6 is 0 Å². The minimum atomic E-state index is 0.314. The fourth-order valence-electron chi connectivity index (χ4n) is 2.62. The van der Waals surface area contributed by atoms with Crippen LogP contribution in [0.25, 0.3) is 16.9 Å². The quantitative estimate of drug-likeness (QED) is 0.757. The molecule has 1 N–H and O–H groups in total. The van der Waals surface area contributed by atoms with Crippen molar-refractivity contribution in [2.45, 2.75) is 26.3 Å². The SMILES string of the molecule is CCCNC(C)c1cccc(-c2cn3ccnc3c(OC)n2)c1. The maximum Gasteiger partial charge on any atom is 0.258 e. The van der Waals surface area contributed by atoms with Crippen LogP contribution in [0.15, 0.2) is 42.9 Å². The van der Waals surface area contributed by atoms with Crippen LogP contribution in [0.4, 0.5) is 0 Å². The molecule has 3 rings (SSSR count). The molecule has 1 unspecified atom stereocenters. The molecule has 2 heterocycles. The lowest BCUT2D eigenvalue weighted by molar-refractivity contribution is 0.400. The highest BCUT2D eigenvalue weighted by atomic mass is 16.5. The number of aromatic nitrogens is 3. The molecule has 0 amide bonds. The highest BCUT2D eigenvalue weighted by Crippen LogP contribution is 2.25. The molecule has 0 bridgehead atoms. The Balaban J connectivity index is 1.98. The lowest BCUT2D eigenvalue weighted by Crippen LogP contribution is -2.19. The van der Waals surface area contributed by atoms with Gasteiger partial charge in [-0.1, -0.05) is 25.1 Å². The molecular weight excluding hydrogens is 288 g/mol. The van der Waals surface area contributed by atoms with Crippen LogP contribution in [-0.4, -0.2) is 28.0 Å². The van der Waals surface area contributed by atoms with Crippen LogP contribution in [-0.2, 0) is 0 Å². The summed E-state index contributed by atoms with van der Waals surface area (Å²) in [6.07, 6.45) is 6.75. The topological polar surface area (TPSA) is 51.5 Å². The van der Waals surface area contributed by atoms with Gasteiger partial charge in [-0.05, 0) is 31.5 Å². The van der Waals surface area contributed by atoms with E-state index in [2.05, 4.69) is 53.4 Å². The van der Waals surface area contributed by atoms with Crippen molar-refractivity contribution in [2.75, 3.05) is 13.7 Å². The summed E-state index contributed by atoms with van der Waals surface area (Å²) in [4.78, 5) is 8.87. The van der Waals surface area contributed by atoms with Crippen LogP contribution in [0.5, 0.6) is 5.88 Å². The second kappa shape index (κ2) is 6.79. The highest BCUT2D eigenvalue weighted by Gasteiger charge is 2.11. The van der Waals surface area contributed by atoms with Gasteiger partial charge in [0, 0.05) is 30.2 Å². The summed E-state index contributed by atoms with van der Waals surface area (Å²) in [7, 11) is 1.62. The molecule has 1 aromatic carbocycles. The summed E-state index contributed by atoms with van der Waals surface area (Å²) in [6.45, 7) is 5.37. The number of hydrogen-bond acceptors (Lipinski definition) is 4. The van der Waals surface area contributed by atoms with Gasteiger partial charge in [-0.3, -0.25) is 0 Å². The largest absolute Gasteiger partial charge is 0.478 e. The molecule has 0 aliphatic heterocycles. The Morgan fingerprint density at radius 1 is 1.35 bits per heavy atom.